The van der Waals surface area contributed by atoms with Gasteiger partial charge in [-0.3, -0.25) is 19.2 Å². The molecular weight excluding hydrogens is 636 g/mol. The summed E-state index contributed by atoms with van der Waals surface area (Å²) in [6, 6.07) is 10.5. The molecule has 3 heterocycles. The van der Waals surface area contributed by atoms with Crippen molar-refractivity contribution in [1.29, 1.82) is 0 Å². The van der Waals surface area contributed by atoms with Gasteiger partial charge in [-0.1, -0.05) is 43.0 Å². The topological polar surface area (TPSA) is 95.4 Å². The van der Waals surface area contributed by atoms with E-state index < -0.39 is 11.6 Å². The normalized spacial score (nSPS) is 20.0. The summed E-state index contributed by atoms with van der Waals surface area (Å²) in [5.74, 6) is -1.07. The number of rotatable bonds is 11. The van der Waals surface area contributed by atoms with Gasteiger partial charge in [-0.2, -0.15) is 5.10 Å². The van der Waals surface area contributed by atoms with Gasteiger partial charge >= 0.3 is 0 Å². The molecule has 0 spiro atoms. The van der Waals surface area contributed by atoms with E-state index in [2.05, 4.69) is 25.6 Å². The third-order valence-corrected chi connectivity index (χ3v) is 11.0. The molecule has 2 amide bonds. The number of piperidine rings is 2. The zero-order chi connectivity index (χ0) is 33.5. The highest BCUT2D eigenvalue weighted by atomic mass is 35.5. The molecule has 12 heteroatoms. The molecule has 1 atom stereocenters. The van der Waals surface area contributed by atoms with Crippen molar-refractivity contribution in [2.45, 2.75) is 82.8 Å². The second kappa shape index (κ2) is 15.9. The molecule has 3 aliphatic rings. The van der Waals surface area contributed by atoms with Gasteiger partial charge < -0.3 is 15.5 Å². The molecule has 3 aromatic rings. The van der Waals surface area contributed by atoms with Crippen molar-refractivity contribution >= 4 is 29.1 Å². The smallest absolute Gasteiger partial charge is 0.240 e. The molecule has 1 aromatic heterocycles. The second-order valence-corrected chi connectivity index (χ2v) is 14.3. The molecule has 1 saturated carbocycles. The van der Waals surface area contributed by atoms with Gasteiger partial charge in [-0.05, 0) is 86.1 Å². The van der Waals surface area contributed by atoms with Crippen LogP contribution in [0.4, 0.5) is 14.5 Å². The van der Waals surface area contributed by atoms with Crippen molar-refractivity contribution < 1.29 is 18.4 Å². The van der Waals surface area contributed by atoms with Crippen molar-refractivity contribution in [2.24, 2.45) is 11.3 Å². The minimum atomic E-state index is -0.800. The van der Waals surface area contributed by atoms with E-state index in [1.807, 2.05) is 40.2 Å². The number of hydrogen-bond acceptors (Lipinski definition) is 6. The lowest BCUT2D eigenvalue weighted by Crippen LogP contribution is -2.56. The fourth-order valence-corrected chi connectivity index (χ4v) is 8.17. The van der Waals surface area contributed by atoms with Crippen molar-refractivity contribution in [1.82, 2.24) is 29.9 Å². The third kappa shape index (κ3) is 8.78. The monoisotopic (exact) mass is 681 g/mol. The van der Waals surface area contributed by atoms with Gasteiger partial charge in [-0.25, -0.2) is 13.8 Å². The summed E-state index contributed by atoms with van der Waals surface area (Å²) in [5.41, 5.74) is 1.13. The molecule has 3 fully saturated rings. The van der Waals surface area contributed by atoms with Gasteiger partial charge in [0.05, 0.1) is 18.3 Å². The number of nitrogens with zero attached hydrogens (tertiary/aromatic N) is 5. The first-order chi connectivity index (χ1) is 23.3. The number of nitrogens with one attached hydrogen (secondary N) is 2. The molecule has 0 unspecified atom stereocenters. The van der Waals surface area contributed by atoms with Crippen LogP contribution in [-0.2, 0) is 22.6 Å². The summed E-state index contributed by atoms with van der Waals surface area (Å²) >= 11 is 6.17. The van der Waals surface area contributed by atoms with E-state index in [4.69, 9.17) is 11.6 Å². The molecule has 6 rings (SSSR count). The van der Waals surface area contributed by atoms with Crippen LogP contribution in [0.15, 0.2) is 55.1 Å². The molecular formula is C36H46ClF2N7O2. The number of aromatic nitrogens is 3. The van der Waals surface area contributed by atoms with Crippen molar-refractivity contribution in [2.75, 3.05) is 38.0 Å². The van der Waals surface area contributed by atoms with E-state index in [1.54, 1.807) is 6.33 Å². The highest BCUT2D eigenvalue weighted by molar-refractivity contribution is 6.30. The van der Waals surface area contributed by atoms with Crippen LogP contribution < -0.4 is 10.6 Å². The lowest BCUT2D eigenvalue weighted by molar-refractivity contribution is -0.137. The van der Waals surface area contributed by atoms with Crippen LogP contribution in [0.3, 0.4) is 0 Å². The van der Waals surface area contributed by atoms with Crippen LogP contribution in [-0.4, -0.2) is 81.2 Å². The molecule has 2 saturated heterocycles. The maximum atomic E-state index is 14.3. The minimum Gasteiger partial charge on any atom is -0.341 e. The molecule has 2 aromatic carbocycles. The predicted molar refractivity (Wildman–Crippen MR) is 181 cm³/mol. The van der Waals surface area contributed by atoms with Crippen LogP contribution in [0.2, 0.25) is 5.02 Å². The highest BCUT2D eigenvalue weighted by Crippen LogP contribution is 2.47. The Bertz CT molecular complexity index is 1500. The summed E-state index contributed by atoms with van der Waals surface area (Å²) in [4.78, 5) is 35.2. The molecule has 0 radical (unpaired) electrons. The first kappa shape index (κ1) is 34.5. The highest BCUT2D eigenvalue weighted by Gasteiger charge is 2.44. The third-order valence-electron chi connectivity index (χ3n) is 10.7. The van der Waals surface area contributed by atoms with Crippen LogP contribution >= 0.6 is 11.6 Å². The van der Waals surface area contributed by atoms with Crippen molar-refractivity contribution in [3.05, 3.63) is 77.3 Å². The molecule has 9 nitrogen and oxygen atoms in total. The van der Waals surface area contributed by atoms with Crippen LogP contribution in [0.25, 0.3) is 0 Å². The summed E-state index contributed by atoms with van der Waals surface area (Å²) in [6.45, 7) is 3.74. The minimum absolute atomic E-state index is 0.0337. The summed E-state index contributed by atoms with van der Waals surface area (Å²) in [5, 5.41) is 11.4. The summed E-state index contributed by atoms with van der Waals surface area (Å²) in [7, 11) is 0. The van der Waals surface area contributed by atoms with Crippen molar-refractivity contribution in [3.63, 3.8) is 0 Å². The van der Waals surface area contributed by atoms with E-state index in [0.29, 0.717) is 30.5 Å². The number of likely N-dealkylation sites (tertiary alicyclic amines) is 2. The molecule has 2 N–H and O–H groups in total. The van der Waals surface area contributed by atoms with E-state index >= 15 is 0 Å². The maximum Gasteiger partial charge on any atom is 0.240 e. The Labute approximate surface area is 286 Å². The Morgan fingerprint density at radius 1 is 0.958 bits per heavy atom. The molecule has 0 bridgehead atoms. The average Bonchev–Trinajstić information content (AvgIpc) is 3.61. The number of carbonyl (C=O) groups excluding carboxylic acids is 2. The quantitative estimate of drug-likeness (QED) is 0.270. The first-order valence-electron chi connectivity index (χ1n) is 17.4. The second-order valence-electron chi connectivity index (χ2n) is 13.9. The zero-order valence-corrected chi connectivity index (χ0v) is 28.2. The summed E-state index contributed by atoms with van der Waals surface area (Å²) in [6.07, 6.45) is 13.8. The van der Waals surface area contributed by atoms with Gasteiger partial charge in [0.2, 0.25) is 11.8 Å². The Hall–Kier alpha value is -3.41. The van der Waals surface area contributed by atoms with Crippen molar-refractivity contribution in [3.8, 4) is 0 Å². The van der Waals surface area contributed by atoms with E-state index in [9.17, 15) is 18.4 Å². The van der Waals surface area contributed by atoms with Gasteiger partial charge in [-0.15, -0.1) is 0 Å². The zero-order valence-electron chi connectivity index (χ0n) is 27.4. The number of anilines is 1. The Morgan fingerprint density at radius 3 is 2.35 bits per heavy atom. The van der Waals surface area contributed by atoms with Gasteiger partial charge in [0.25, 0.3) is 0 Å². The number of halogens is 3. The largest absolute Gasteiger partial charge is 0.341 e. The van der Waals surface area contributed by atoms with Crippen LogP contribution in [0.5, 0.6) is 0 Å². The lowest BCUT2D eigenvalue weighted by atomic mass is 9.63. The number of carbonyl (C=O) groups is 2. The van der Waals surface area contributed by atoms with Crippen LogP contribution in [0.1, 0.15) is 63.4 Å². The van der Waals surface area contributed by atoms with Gasteiger partial charge in [0.1, 0.15) is 24.3 Å². The van der Waals surface area contributed by atoms with E-state index in [1.165, 1.54) is 38.2 Å². The Morgan fingerprint density at radius 2 is 1.69 bits per heavy atom. The van der Waals surface area contributed by atoms with E-state index in [0.717, 1.165) is 63.0 Å². The molecule has 48 heavy (non-hydrogen) atoms. The molecule has 258 valence electrons. The van der Waals surface area contributed by atoms with Crippen LogP contribution in [0, 0.1) is 23.0 Å². The van der Waals surface area contributed by atoms with E-state index in [-0.39, 0.29) is 41.5 Å². The fraction of sp³-hybridized carbons (Fsp3) is 0.556. The lowest BCUT2D eigenvalue weighted by Gasteiger charge is -2.48. The maximum absolute atomic E-state index is 14.3. The Kier molecular flexibility index (Phi) is 11.4. The molecule has 2 aliphatic heterocycles. The summed E-state index contributed by atoms with van der Waals surface area (Å²) < 4.78 is 29.2. The standard InChI is InChI=1S/C36H46ClF2N7O2/c37-28-8-6-26(7-9-28)20-33(42-30-12-16-44(17-13-30)22-34(47)43-32-11-10-29(38)21-31(32)39)35(48)45-18-14-36(15-19-45,23-46-25-40-24-41-46)27-4-2-1-3-5-27/h6-11,21,24-25,27,30,33,42H,1-5,12-20,22-23H2,(H,43,47)/t33-/m1/s1. The molecule has 1 aliphatic carbocycles. The van der Waals surface area contributed by atoms with Gasteiger partial charge in [0, 0.05) is 49.9 Å². The SMILES string of the molecule is O=C(CN1CCC(N[C@H](Cc2ccc(Cl)cc2)C(=O)N2CCC(Cn3cncn3)(C3CCCCC3)CC2)CC1)Nc1ccc(F)cc1F. The first-order valence-corrected chi connectivity index (χ1v) is 17.7. The van der Waals surface area contributed by atoms with Gasteiger partial charge in [0.15, 0.2) is 0 Å². The number of hydrogen-bond donors (Lipinski definition) is 2. The fourth-order valence-electron chi connectivity index (χ4n) is 8.04. The number of amides is 2. The Balaban J connectivity index is 1.07. The number of benzene rings is 2. The average molecular weight is 682 g/mol. The predicted octanol–water partition coefficient (Wildman–Crippen LogP) is 5.70.